The van der Waals surface area contributed by atoms with Crippen LogP contribution < -0.4 is 5.69 Å². The highest BCUT2D eigenvalue weighted by Crippen LogP contribution is 2.45. The molecule has 1 aromatic carbocycles. The molecule has 38 heavy (non-hydrogen) atoms. The molecule has 0 saturated carbocycles. The second kappa shape index (κ2) is 9.50. The second-order valence-electron chi connectivity index (χ2n) is 10.8. The fourth-order valence-electron chi connectivity index (χ4n) is 5.64. The monoisotopic (exact) mass is 545 g/mol. The molecule has 0 spiro atoms. The number of hydrogen-bond donors (Lipinski definition) is 0. The van der Waals surface area contributed by atoms with Crippen LogP contribution in [0.1, 0.15) is 42.4 Å². The Kier molecular flexibility index (Phi) is 6.40. The number of piperidine rings is 1. The van der Waals surface area contributed by atoms with Crippen molar-refractivity contribution in [2.24, 2.45) is 5.10 Å². The number of likely N-dealkylation sites (tertiary alicyclic amines) is 1. The Morgan fingerprint density at radius 2 is 1.84 bits per heavy atom. The smallest absolute Gasteiger partial charge is 0.379 e. The molecule has 0 atom stereocenters. The van der Waals surface area contributed by atoms with E-state index in [4.69, 9.17) is 4.74 Å². The van der Waals surface area contributed by atoms with E-state index in [0.717, 1.165) is 54.6 Å². The Balaban J connectivity index is 1.37. The summed E-state index contributed by atoms with van der Waals surface area (Å²) < 4.78 is 52.6. The zero-order chi connectivity index (χ0) is 26.7. The third kappa shape index (κ3) is 4.67. The van der Waals surface area contributed by atoms with Crippen LogP contribution in [0, 0.1) is 0 Å². The van der Waals surface area contributed by atoms with Gasteiger partial charge in [-0.2, -0.15) is 18.3 Å². The molecule has 2 aromatic heterocycles. The molecule has 7 nitrogen and oxygen atoms in total. The maximum Gasteiger partial charge on any atom is 0.418 e. The minimum atomic E-state index is -4.58. The van der Waals surface area contributed by atoms with Gasteiger partial charge in [-0.25, -0.2) is 9.57 Å². The highest BCUT2D eigenvalue weighted by molar-refractivity contribution is 7.54. The zero-order valence-corrected chi connectivity index (χ0v) is 22.4. The van der Waals surface area contributed by atoms with Gasteiger partial charge in [-0.3, -0.25) is 13.9 Å². The first kappa shape index (κ1) is 25.6. The van der Waals surface area contributed by atoms with Crippen LogP contribution in [-0.2, 0) is 22.9 Å². The lowest BCUT2D eigenvalue weighted by Crippen LogP contribution is -2.48. The van der Waals surface area contributed by atoms with E-state index in [1.807, 2.05) is 18.2 Å². The van der Waals surface area contributed by atoms with Crippen molar-refractivity contribution in [1.82, 2.24) is 18.6 Å². The fourth-order valence-corrected chi connectivity index (χ4v) is 6.45. The number of ether oxygens (including phenoxy) is 1. The molecule has 3 aliphatic heterocycles. The van der Waals surface area contributed by atoms with Gasteiger partial charge in [0, 0.05) is 38.8 Å². The van der Waals surface area contributed by atoms with Crippen molar-refractivity contribution in [3.8, 4) is 5.69 Å². The standard InChI is InChI=1S/C27H31F3N5O2P/c1-38(2)35-24(31-35)13-26(17-37-18-26)20-7-6-8-21(12-20)33-16-23-22(27(28,29)30)11-19(15-34(23)25(33)36)14-32-9-4-3-5-10-32/h6-8,11-12,15-16H,3-5,9-10,13-14,17-18H2,1-2H3. The lowest BCUT2D eigenvalue weighted by atomic mass is 9.75. The van der Waals surface area contributed by atoms with E-state index in [0.29, 0.717) is 31.0 Å². The van der Waals surface area contributed by atoms with E-state index in [-0.39, 0.29) is 19.0 Å². The quantitative estimate of drug-likeness (QED) is 0.391. The molecular weight excluding hydrogens is 514 g/mol. The topological polar surface area (TPSA) is 54.2 Å². The summed E-state index contributed by atoms with van der Waals surface area (Å²) in [6.45, 7) is 7.49. The lowest BCUT2D eigenvalue weighted by Gasteiger charge is -2.41. The summed E-state index contributed by atoms with van der Waals surface area (Å²) in [7, 11) is -0.325. The van der Waals surface area contributed by atoms with Gasteiger partial charge in [0.05, 0.1) is 30.0 Å². The van der Waals surface area contributed by atoms with Crippen molar-refractivity contribution in [3.63, 3.8) is 0 Å². The van der Waals surface area contributed by atoms with Gasteiger partial charge in [0.2, 0.25) is 0 Å². The van der Waals surface area contributed by atoms with E-state index in [2.05, 4.69) is 28.1 Å². The second-order valence-corrected chi connectivity index (χ2v) is 12.9. The number of aromatic nitrogens is 2. The van der Waals surface area contributed by atoms with E-state index >= 15 is 0 Å². The molecule has 2 fully saturated rings. The summed E-state index contributed by atoms with van der Waals surface area (Å²) >= 11 is 0. The van der Waals surface area contributed by atoms with E-state index in [1.54, 1.807) is 12.3 Å². The molecule has 0 unspecified atom stereocenters. The predicted octanol–water partition coefficient (Wildman–Crippen LogP) is 5.04. The third-order valence-electron chi connectivity index (χ3n) is 7.75. The van der Waals surface area contributed by atoms with Gasteiger partial charge in [0.1, 0.15) is 0 Å². The fraction of sp³-hybridized carbons (Fsp3) is 0.481. The summed E-state index contributed by atoms with van der Waals surface area (Å²) in [5, 5.41) is 4.51. The van der Waals surface area contributed by atoms with Crippen molar-refractivity contribution in [3.05, 3.63) is 69.9 Å². The lowest BCUT2D eigenvalue weighted by molar-refractivity contribution is -0.136. The zero-order valence-electron chi connectivity index (χ0n) is 21.5. The van der Waals surface area contributed by atoms with Crippen molar-refractivity contribution in [1.29, 1.82) is 0 Å². The number of imidazole rings is 1. The van der Waals surface area contributed by atoms with Crippen molar-refractivity contribution in [2.75, 3.05) is 39.6 Å². The number of alkyl halides is 3. The first-order valence-electron chi connectivity index (χ1n) is 12.9. The summed E-state index contributed by atoms with van der Waals surface area (Å²) in [6.07, 6.45) is 2.26. The average Bonchev–Trinajstić information content (AvgIpc) is 3.57. The summed E-state index contributed by atoms with van der Waals surface area (Å²) in [5.41, 5.74) is 0.336. The van der Waals surface area contributed by atoms with Gasteiger partial charge in [-0.1, -0.05) is 18.6 Å². The number of pyridine rings is 1. The molecule has 6 rings (SSSR count). The number of halogens is 3. The Labute approximate surface area is 220 Å². The number of hydrogen-bond acceptors (Lipinski definition) is 5. The van der Waals surface area contributed by atoms with Crippen LogP contribution in [0.4, 0.5) is 13.2 Å². The van der Waals surface area contributed by atoms with Crippen LogP contribution in [0.3, 0.4) is 0 Å². The minimum absolute atomic E-state index is 0.140. The number of fused-ring (bicyclic) bond motifs is 1. The Morgan fingerprint density at radius 1 is 1.08 bits per heavy atom. The number of nitrogens with zero attached hydrogens (tertiary/aromatic N) is 5. The van der Waals surface area contributed by atoms with E-state index in [9.17, 15) is 18.0 Å². The van der Waals surface area contributed by atoms with Crippen LogP contribution in [0.2, 0.25) is 0 Å². The normalized spacial score (nSPS) is 19.6. The molecule has 0 amide bonds. The number of hydrazone groups is 1. The molecule has 2 saturated heterocycles. The number of rotatable bonds is 7. The van der Waals surface area contributed by atoms with Crippen LogP contribution in [0.5, 0.6) is 0 Å². The summed E-state index contributed by atoms with van der Waals surface area (Å²) in [5.74, 6) is 1.05. The summed E-state index contributed by atoms with van der Waals surface area (Å²) in [6, 6.07) is 8.71. The highest BCUT2D eigenvalue weighted by Gasteiger charge is 2.45. The molecular formula is C27H31F3N5O2P. The van der Waals surface area contributed by atoms with Crippen molar-refractivity contribution in [2.45, 2.75) is 43.8 Å². The molecule has 0 radical (unpaired) electrons. The minimum Gasteiger partial charge on any atom is -0.379 e. The van der Waals surface area contributed by atoms with Gasteiger partial charge in [-0.15, -0.1) is 0 Å². The number of benzene rings is 1. The van der Waals surface area contributed by atoms with Crippen molar-refractivity contribution < 1.29 is 17.9 Å². The SMILES string of the molecule is CP(C)N1N=C1CC1(c2cccc(-n3cc4c(C(F)(F)F)cc(CN5CCCCC5)cn4c3=O)c2)COC1. The Morgan fingerprint density at radius 3 is 2.47 bits per heavy atom. The van der Waals surface area contributed by atoms with Gasteiger partial charge < -0.3 is 4.74 Å². The molecule has 0 bridgehead atoms. The van der Waals surface area contributed by atoms with Crippen molar-refractivity contribution >= 4 is 19.4 Å². The molecule has 0 N–H and O–H groups in total. The maximum atomic E-state index is 14.1. The van der Waals surface area contributed by atoms with Crippen LogP contribution in [0.15, 0.2) is 52.6 Å². The molecule has 3 aliphatic rings. The third-order valence-corrected chi connectivity index (χ3v) is 8.83. The van der Waals surface area contributed by atoms with E-state index in [1.165, 1.54) is 16.8 Å². The predicted molar refractivity (Wildman–Crippen MR) is 142 cm³/mol. The van der Waals surface area contributed by atoms with Crippen LogP contribution in [0.25, 0.3) is 11.2 Å². The van der Waals surface area contributed by atoms with Crippen LogP contribution in [-0.4, -0.2) is 64.1 Å². The van der Waals surface area contributed by atoms with Gasteiger partial charge in [0.15, 0.2) is 5.84 Å². The molecule has 202 valence electrons. The Bertz CT molecular complexity index is 1450. The molecule has 0 aliphatic carbocycles. The first-order valence-corrected chi connectivity index (χ1v) is 15.1. The first-order chi connectivity index (χ1) is 18.1. The van der Waals surface area contributed by atoms with Gasteiger partial charge in [0.25, 0.3) is 0 Å². The largest absolute Gasteiger partial charge is 0.418 e. The summed E-state index contributed by atoms with van der Waals surface area (Å²) in [4.78, 5) is 15.7. The highest BCUT2D eigenvalue weighted by atomic mass is 31.1. The molecule has 3 aromatic rings. The Hall–Kier alpha value is -2.68. The molecule has 11 heteroatoms. The van der Waals surface area contributed by atoms with Gasteiger partial charge >= 0.3 is 11.9 Å². The van der Waals surface area contributed by atoms with Gasteiger partial charge in [-0.05, 0) is 68.6 Å². The maximum absolute atomic E-state index is 14.1. The average molecular weight is 546 g/mol. The number of amidine groups is 1. The molecule has 5 heterocycles. The van der Waals surface area contributed by atoms with Crippen LogP contribution >= 0.6 is 8.07 Å². The van der Waals surface area contributed by atoms with E-state index < -0.39 is 17.4 Å².